The number of hydrogen-bond acceptors (Lipinski definition) is 5. The van der Waals surface area contributed by atoms with Crippen molar-refractivity contribution >= 4 is 13.5 Å². The molecule has 0 radical (unpaired) electrons. The number of ether oxygens (including phenoxy) is 2. The second kappa shape index (κ2) is 12.9. The molecule has 0 heterocycles. The minimum atomic E-state index is -3.57. The monoisotopic (exact) mass is 475 g/mol. The molecule has 3 unspecified atom stereocenters. The number of para-hydroxylation sites is 1. The van der Waals surface area contributed by atoms with Crippen LogP contribution in [-0.4, -0.2) is 25.5 Å². The normalized spacial score (nSPS) is 15.8. The minimum absolute atomic E-state index is 0.149. The lowest BCUT2D eigenvalue weighted by atomic mass is 9.90. The van der Waals surface area contributed by atoms with E-state index in [1.54, 1.807) is 6.92 Å². The Morgan fingerprint density at radius 3 is 2.03 bits per heavy atom. The van der Waals surface area contributed by atoms with E-state index in [1.807, 2.05) is 48.5 Å². The first kappa shape index (κ1) is 27.1. The molecule has 0 aliphatic carbocycles. The summed E-state index contributed by atoms with van der Waals surface area (Å²) < 4.78 is 30.7. The van der Waals surface area contributed by atoms with Gasteiger partial charge in [-0.2, -0.15) is 0 Å². The summed E-state index contributed by atoms with van der Waals surface area (Å²) in [6, 6.07) is 14.7. The third kappa shape index (κ3) is 7.70. The molecule has 4 atom stereocenters. The second-order valence-electron chi connectivity index (χ2n) is 8.51. The number of rotatable bonds is 13. The van der Waals surface area contributed by atoms with Crippen molar-refractivity contribution in [3.8, 4) is 5.75 Å². The van der Waals surface area contributed by atoms with Crippen LogP contribution >= 0.6 is 7.52 Å². The molecule has 0 fully saturated rings. The number of esters is 1. The molecule has 2 aromatic carbocycles. The van der Waals surface area contributed by atoms with Gasteiger partial charge in [0.1, 0.15) is 24.7 Å². The lowest BCUT2D eigenvalue weighted by Gasteiger charge is -2.28. The van der Waals surface area contributed by atoms with E-state index in [2.05, 4.69) is 32.8 Å². The first-order chi connectivity index (χ1) is 15.7. The smallest absolute Gasteiger partial charge is 0.342 e. The molecular formula is C26H38NO5P. The summed E-state index contributed by atoms with van der Waals surface area (Å²) in [5.74, 6) is 0.580. The molecule has 7 heteroatoms. The van der Waals surface area contributed by atoms with Gasteiger partial charge in [-0.25, -0.2) is 5.09 Å². The Morgan fingerprint density at radius 2 is 1.52 bits per heavy atom. The van der Waals surface area contributed by atoms with E-state index >= 15 is 0 Å². The highest BCUT2D eigenvalue weighted by Gasteiger charge is 2.33. The number of methoxy groups -OCH3 is 1. The van der Waals surface area contributed by atoms with Crippen LogP contribution < -0.4 is 9.61 Å². The highest BCUT2D eigenvalue weighted by molar-refractivity contribution is 7.57. The molecule has 0 saturated carbocycles. The van der Waals surface area contributed by atoms with Crippen molar-refractivity contribution in [2.75, 3.05) is 13.5 Å². The molecule has 2 aromatic rings. The molecule has 0 amide bonds. The Bertz CT molecular complexity index is 905. The predicted octanol–water partition coefficient (Wildman–Crippen LogP) is 6.61. The Labute approximate surface area is 198 Å². The van der Waals surface area contributed by atoms with E-state index in [4.69, 9.17) is 14.0 Å². The summed E-state index contributed by atoms with van der Waals surface area (Å²) in [4.78, 5) is 12.6. The maximum absolute atomic E-state index is 13.8. The fourth-order valence-electron chi connectivity index (χ4n) is 3.50. The van der Waals surface area contributed by atoms with Crippen molar-refractivity contribution in [2.24, 2.45) is 0 Å². The molecular weight excluding hydrogens is 437 g/mol. The Balaban J connectivity index is 2.26. The van der Waals surface area contributed by atoms with Gasteiger partial charge in [-0.05, 0) is 48.3 Å². The fraction of sp³-hybridized carbons (Fsp3) is 0.500. The fourth-order valence-corrected chi connectivity index (χ4v) is 5.22. The summed E-state index contributed by atoms with van der Waals surface area (Å²) in [6.45, 7) is 10.2. The van der Waals surface area contributed by atoms with Gasteiger partial charge >= 0.3 is 13.5 Å². The second-order valence-corrected chi connectivity index (χ2v) is 10.6. The Morgan fingerprint density at radius 1 is 0.939 bits per heavy atom. The van der Waals surface area contributed by atoms with Crippen LogP contribution in [0.2, 0.25) is 0 Å². The van der Waals surface area contributed by atoms with Crippen molar-refractivity contribution in [1.29, 1.82) is 0 Å². The van der Waals surface area contributed by atoms with Crippen LogP contribution in [0.15, 0.2) is 48.5 Å². The number of hydrogen-bond donors (Lipinski definition) is 1. The molecule has 0 aliphatic heterocycles. The van der Waals surface area contributed by atoms with E-state index in [0.717, 1.165) is 29.5 Å². The lowest BCUT2D eigenvalue weighted by molar-refractivity contribution is -0.146. The van der Waals surface area contributed by atoms with Gasteiger partial charge in [0, 0.05) is 7.11 Å². The summed E-state index contributed by atoms with van der Waals surface area (Å²) in [6.07, 6.45) is 1.67. The molecule has 182 valence electrons. The van der Waals surface area contributed by atoms with Crippen LogP contribution in [0.1, 0.15) is 76.0 Å². The number of carbonyl (C=O) groups excluding carboxylic acids is 1. The van der Waals surface area contributed by atoms with Crippen molar-refractivity contribution in [3.63, 3.8) is 0 Å². The highest BCUT2D eigenvalue weighted by Crippen LogP contribution is 2.48. The van der Waals surface area contributed by atoms with Gasteiger partial charge < -0.3 is 14.0 Å². The van der Waals surface area contributed by atoms with E-state index in [0.29, 0.717) is 5.75 Å². The van der Waals surface area contributed by atoms with Gasteiger partial charge in [-0.1, -0.05) is 76.2 Å². The number of carbonyl (C=O) groups is 1. The van der Waals surface area contributed by atoms with E-state index in [-0.39, 0.29) is 24.8 Å². The van der Waals surface area contributed by atoms with Gasteiger partial charge in [0.15, 0.2) is 0 Å². The molecule has 0 spiro atoms. The molecule has 0 aliphatic rings. The van der Waals surface area contributed by atoms with Crippen LogP contribution in [0.3, 0.4) is 0 Å². The third-order valence-electron chi connectivity index (χ3n) is 5.87. The van der Waals surface area contributed by atoms with Gasteiger partial charge in [0.25, 0.3) is 0 Å². The van der Waals surface area contributed by atoms with Crippen molar-refractivity contribution in [1.82, 2.24) is 5.09 Å². The minimum Gasteiger partial charge on any atom is -0.460 e. The first-order valence-corrected chi connectivity index (χ1v) is 13.4. The molecule has 2 rings (SSSR count). The van der Waals surface area contributed by atoms with Crippen LogP contribution in [-0.2, 0) is 25.4 Å². The standard InChI is InChI=1S/C26H38NO5P/c1-7-19(3)23-15-12-16-24(20(4)8-2)25(23)32-33(29,18-30-6)27-21(5)26(28)31-17-22-13-10-9-11-14-22/h9-16,19-21H,7-8,17-18H2,1-6H3,(H,27,29)/t19?,20?,21-,33?/m0/s1. The van der Waals surface area contributed by atoms with Crippen molar-refractivity contribution in [3.05, 3.63) is 65.2 Å². The summed E-state index contributed by atoms with van der Waals surface area (Å²) in [5, 5.41) is 2.88. The van der Waals surface area contributed by atoms with Crippen molar-refractivity contribution in [2.45, 2.75) is 71.9 Å². The summed E-state index contributed by atoms with van der Waals surface area (Å²) >= 11 is 0. The predicted molar refractivity (Wildman–Crippen MR) is 133 cm³/mol. The van der Waals surface area contributed by atoms with Crippen LogP contribution in [0.5, 0.6) is 5.75 Å². The van der Waals surface area contributed by atoms with Gasteiger partial charge in [0.05, 0.1) is 0 Å². The summed E-state index contributed by atoms with van der Waals surface area (Å²) in [7, 11) is -2.11. The molecule has 0 saturated heterocycles. The Hall–Kier alpha value is -2.14. The largest absolute Gasteiger partial charge is 0.460 e. The zero-order valence-electron chi connectivity index (χ0n) is 20.7. The maximum Gasteiger partial charge on any atom is 0.342 e. The van der Waals surface area contributed by atoms with Crippen LogP contribution in [0, 0.1) is 0 Å². The highest BCUT2D eigenvalue weighted by atomic mass is 31.2. The SMILES string of the molecule is CCC(C)c1cccc(C(C)CC)c1OP(=O)(COC)N[C@@H](C)C(=O)OCc1ccccc1. The van der Waals surface area contributed by atoms with Gasteiger partial charge in [-0.15, -0.1) is 0 Å². The zero-order chi connectivity index (χ0) is 24.4. The first-order valence-electron chi connectivity index (χ1n) is 11.6. The molecule has 0 bridgehead atoms. The number of benzene rings is 2. The average Bonchev–Trinajstić information content (AvgIpc) is 2.82. The zero-order valence-corrected chi connectivity index (χ0v) is 21.6. The summed E-state index contributed by atoms with van der Waals surface area (Å²) in [5.41, 5.74) is 2.90. The average molecular weight is 476 g/mol. The van der Waals surface area contributed by atoms with Crippen LogP contribution in [0.4, 0.5) is 0 Å². The van der Waals surface area contributed by atoms with E-state index in [9.17, 15) is 9.36 Å². The molecule has 6 nitrogen and oxygen atoms in total. The van der Waals surface area contributed by atoms with Crippen molar-refractivity contribution < 1.29 is 23.4 Å². The van der Waals surface area contributed by atoms with E-state index < -0.39 is 19.5 Å². The lowest BCUT2D eigenvalue weighted by Crippen LogP contribution is -2.35. The number of nitrogens with one attached hydrogen (secondary N) is 1. The molecule has 33 heavy (non-hydrogen) atoms. The quantitative estimate of drug-likeness (QED) is 0.260. The van der Waals surface area contributed by atoms with Gasteiger partial charge in [-0.3, -0.25) is 9.36 Å². The molecule has 0 aromatic heterocycles. The maximum atomic E-state index is 13.8. The topological polar surface area (TPSA) is 73.9 Å². The van der Waals surface area contributed by atoms with Gasteiger partial charge in [0.2, 0.25) is 0 Å². The Kier molecular flexibility index (Phi) is 10.6. The third-order valence-corrected chi connectivity index (χ3v) is 7.72. The molecule has 1 N–H and O–H groups in total. The van der Waals surface area contributed by atoms with E-state index in [1.165, 1.54) is 7.11 Å². The van der Waals surface area contributed by atoms with Crippen LogP contribution in [0.25, 0.3) is 0 Å².